The van der Waals surface area contributed by atoms with Gasteiger partial charge in [-0.1, -0.05) is 43.9 Å². The Hall–Kier alpha value is 0.590. The molecule has 0 spiro atoms. The smallest absolute Gasteiger partial charge is 0.161 e. The third-order valence-corrected chi connectivity index (χ3v) is 3.99. The lowest BCUT2D eigenvalue weighted by molar-refractivity contribution is 0.662. The molecule has 0 aliphatic carbocycles. The van der Waals surface area contributed by atoms with Crippen LogP contribution in [0.15, 0.2) is 20.0 Å². The molecule has 0 nitrogen and oxygen atoms in total. The fourth-order valence-corrected chi connectivity index (χ4v) is 2.60. The van der Waals surface area contributed by atoms with Gasteiger partial charge in [-0.25, -0.2) is 4.39 Å². The van der Waals surface area contributed by atoms with Gasteiger partial charge in [0.05, 0.1) is 10.1 Å². The summed E-state index contributed by atoms with van der Waals surface area (Å²) in [5.74, 6) is -0.496. The Morgan fingerprint density at radius 3 is 2.56 bits per heavy atom. The van der Waals surface area contributed by atoms with Crippen LogP contribution in [-0.2, 0) is 0 Å². The second-order valence-corrected chi connectivity index (χ2v) is 4.13. The molecule has 0 radical (unpaired) electrons. The van der Waals surface area contributed by atoms with Crippen molar-refractivity contribution < 1.29 is 4.39 Å². The summed E-state index contributed by atoms with van der Waals surface area (Å²) in [7, 11) is 0. The maximum atomic E-state index is 12.5. The van der Waals surface area contributed by atoms with E-state index < -0.39 is 5.83 Å². The summed E-state index contributed by atoms with van der Waals surface area (Å²) in [6.07, 6.45) is 0. The van der Waals surface area contributed by atoms with E-state index in [4.69, 9.17) is 23.2 Å². The van der Waals surface area contributed by atoms with Gasteiger partial charge in [0, 0.05) is 0 Å². The van der Waals surface area contributed by atoms with Crippen molar-refractivity contribution in [3.8, 4) is 0 Å². The zero-order valence-electron chi connectivity index (χ0n) is 4.17. The molecular formula is C5H2Cl2FI. The number of hydrogen-bond donors (Lipinski definition) is 0. The maximum absolute atomic E-state index is 12.5. The van der Waals surface area contributed by atoms with Crippen molar-refractivity contribution in [2.24, 2.45) is 0 Å². The van der Waals surface area contributed by atoms with Gasteiger partial charge in [0.25, 0.3) is 0 Å². The first kappa shape index (κ1) is 7.69. The fourth-order valence-electron chi connectivity index (χ4n) is 0.352. The van der Waals surface area contributed by atoms with Crippen LogP contribution < -0.4 is 0 Å². The third-order valence-electron chi connectivity index (χ3n) is 0.737. The van der Waals surface area contributed by atoms with Crippen LogP contribution in [0.3, 0.4) is 0 Å². The minimum atomic E-state index is -0.496. The summed E-state index contributed by atoms with van der Waals surface area (Å²) in [6, 6.07) is 0. The largest absolute Gasteiger partial charge is 0.204 e. The SMILES string of the molecule is FC1=C(Cl)C=IC=C1Cl. The van der Waals surface area contributed by atoms with Gasteiger partial charge in [-0.3, -0.25) is 0 Å². The fraction of sp³-hybridized carbons (Fsp3) is 0. The van der Waals surface area contributed by atoms with E-state index in [-0.39, 0.29) is 30.8 Å². The van der Waals surface area contributed by atoms with E-state index >= 15 is 0 Å². The topological polar surface area (TPSA) is 0 Å². The molecule has 9 heavy (non-hydrogen) atoms. The van der Waals surface area contributed by atoms with Crippen LogP contribution in [0.4, 0.5) is 4.39 Å². The van der Waals surface area contributed by atoms with Gasteiger partial charge >= 0.3 is 0 Å². The zero-order chi connectivity index (χ0) is 6.85. The van der Waals surface area contributed by atoms with E-state index in [0.717, 1.165) is 0 Å². The zero-order valence-corrected chi connectivity index (χ0v) is 7.84. The van der Waals surface area contributed by atoms with Crippen molar-refractivity contribution >= 4 is 47.9 Å². The van der Waals surface area contributed by atoms with E-state index in [2.05, 4.69) is 0 Å². The monoisotopic (exact) mass is 278 g/mol. The van der Waals surface area contributed by atoms with Gasteiger partial charge in [-0.2, -0.15) is 0 Å². The van der Waals surface area contributed by atoms with Crippen molar-refractivity contribution in [1.82, 2.24) is 0 Å². The summed E-state index contributed by atoms with van der Waals surface area (Å²) in [6.45, 7) is 0. The Bertz CT molecular complexity index is 217. The van der Waals surface area contributed by atoms with Crippen LogP contribution >= 0.6 is 43.9 Å². The van der Waals surface area contributed by atoms with Crippen LogP contribution in [0.25, 0.3) is 0 Å². The normalized spacial score (nSPS) is 19.2. The summed E-state index contributed by atoms with van der Waals surface area (Å²) in [4.78, 5) is 0. The molecule has 4 heteroatoms. The maximum Gasteiger partial charge on any atom is 0.161 e. The number of hydrogen-bond acceptors (Lipinski definition) is 0. The molecular weight excluding hydrogens is 277 g/mol. The number of halogens is 4. The van der Waals surface area contributed by atoms with Gasteiger partial charge in [0.2, 0.25) is 0 Å². The van der Waals surface area contributed by atoms with E-state index in [1.165, 1.54) is 0 Å². The van der Waals surface area contributed by atoms with Crippen LogP contribution in [0.5, 0.6) is 0 Å². The van der Waals surface area contributed by atoms with Gasteiger partial charge < -0.3 is 0 Å². The first-order valence-electron chi connectivity index (χ1n) is 2.08. The lowest BCUT2D eigenvalue weighted by atomic mass is 10.5. The Morgan fingerprint density at radius 2 is 2.11 bits per heavy atom. The Kier molecular flexibility index (Phi) is 2.67. The van der Waals surface area contributed by atoms with Crippen molar-refractivity contribution in [3.05, 3.63) is 20.0 Å². The summed E-state index contributed by atoms with van der Waals surface area (Å²) >= 11 is 10.6. The quantitative estimate of drug-likeness (QED) is 0.597. The molecule has 0 fully saturated rings. The molecule has 0 saturated heterocycles. The molecule has 0 saturated carbocycles. The highest BCUT2D eigenvalue weighted by atomic mass is 127. The highest BCUT2D eigenvalue weighted by Crippen LogP contribution is 2.28. The molecule has 1 rings (SSSR count). The minimum Gasteiger partial charge on any atom is -0.204 e. The molecule has 1 heterocycles. The predicted octanol–water partition coefficient (Wildman–Crippen LogP) is 3.27. The first-order valence-corrected chi connectivity index (χ1v) is 5.33. The number of allylic oxidation sites excluding steroid dienone is 3. The van der Waals surface area contributed by atoms with Crippen molar-refractivity contribution in [3.63, 3.8) is 0 Å². The molecule has 0 unspecified atom stereocenters. The van der Waals surface area contributed by atoms with Crippen molar-refractivity contribution in [2.45, 2.75) is 0 Å². The van der Waals surface area contributed by atoms with E-state index in [1.807, 2.05) is 0 Å². The average molecular weight is 279 g/mol. The molecule has 50 valence electrons. The molecule has 1 aliphatic heterocycles. The van der Waals surface area contributed by atoms with Gasteiger partial charge in [-0.15, -0.1) is 0 Å². The Morgan fingerprint density at radius 1 is 1.44 bits per heavy atom. The van der Waals surface area contributed by atoms with E-state index in [9.17, 15) is 4.39 Å². The standard InChI is InChI=1S/C5H2Cl2FI/c6-3-1-9-2-4(7)5(3)8/h1-2H. The summed E-state index contributed by atoms with van der Waals surface area (Å²) in [5, 5.41) is 0.325. The highest BCUT2D eigenvalue weighted by Gasteiger charge is 2.07. The van der Waals surface area contributed by atoms with Crippen LogP contribution in [-0.4, -0.2) is 4.01 Å². The molecule has 0 atom stereocenters. The van der Waals surface area contributed by atoms with Gasteiger partial charge in [0.15, 0.2) is 5.83 Å². The van der Waals surface area contributed by atoms with Crippen LogP contribution in [0, 0.1) is 0 Å². The van der Waals surface area contributed by atoms with Crippen LogP contribution in [0.2, 0.25) is 0 Å². The summed E-state index contributed by atoms with van der Waals surface area (Å²) in [5.41, 5.74) is 0. The molecule has 0 aromatic rings. The van der Waals surface area contributed by atoms with Crippen molar-refractivity contribution in [1.29, 1.82) is 0 Å². The molecule has 0 N–H and O–H groups in total. The first-order chi connectivity index (χ1) is 4.22. The minimum absolute atomic E-state index is 0.162. The van der Waals surface area contributed by atoms with Gasteiger partial charge in [-0.05, 0) is 8.09 Å². The third kappa shape index (κ3) is 1.75. The second kappa shape index (κ2) is 3.12. The molecule has 0 bridgehead atoms. The molecule has 0 aromatic heterocycles. The lowest BCUT2D eigenvalue weighted by Gasteiger charge is -1.98. The predicted molar refractivity (Wildman–Crippen MR) is 48.0 cm³/mol. The molecule has 1 aliphatic rings. The lowest BCUT2D eigenvalue weighted by Crippen LogP contribution is -1.82. The van der Waals surface area contributed by atoms with E-state index in [1.54, 1.807) is 8.09 Å². The molecule has 0 aromatic carbocycles. The second-order valence-electron chi connectivity index (χ2n) is 1.35. The Labute approximate surface area is 72.1 Å². The Balaban J connectivity index is 3.06. The van der Waals surface area contributed by atoms with Crippen molar-refractivity contribution in [2.75, 3.05) is 0 Å². The van der Waals surface area contributed by atoms with Gasteiger partial charge in [0.1, 0.15) is 0 Å². The molecule has 0 amide bonds. The average Bonchev–Trinajstić information content (AvgIpc) is 1.83. The highest BCUT2D eigenvalue weighted by molar-refractivity contribution is 14.2. The summed E-state index contributed by atoms with van der Waals surface area (Å²) < 4.78 is 15.9. The number of rotatable bonds is 0. The van der Waals surface area contributed by atoms with Crippen LogP contribution in [0.1, 0.15) is 0 Å². The van der Waals surface area contributed by atoms with E-state index in [0.29, 0.717) is 0 Å².